The SMILES string of the molecule is O=C1NC(=O)[C@H]2C1[C@@H]1CC[C@@H]2C1. The summed E-state index contributed by atoms with van der Waals surface area (Å²) in [6, 6.07) is 0. The van der Waals surface area contributed by atoms with E-state index in [0.29, 0.717) is 11.8 Å². The zero-order chi connectivity index (χ0) is 8.29. The maximum absolute atomic E-state index is 11.3. The fraction of sp³-hybridized carbons (Fsp3) is 0.778. The van der Waals surface area contributed by atoms with Crippen LogP contribution in [0.3, 0.4) is 0 Å². The third-order valence-corrected chi connectivity index (χ3v) is 3.77. The van der Waals surface area contributed by atoms with E-state index in [4.69, 9.17) is 0 Å². The maximum Gasteiger partial charge on any atom is 0.230 e. The molecule has 64 valence electrons. The quantitative estimate of drug-likeness (QED) is 0.525. The zero-order valence-corrected chi connectivity index (χ0v) is 6.75. The van der Waals surface area contributed by atoms with Crippen molar-refractivity contribution in [1.82, 2.24) is 5.32 Å². The maximum atomic E-state index is 11.3. The summed E-state index contributed by atoms with van der Waals surface area (Å²) < 4.78 is 0. The van der Waals surface area contributed by atoms with Crippen LogP contribution in [0.4, 0.5) is 0 Å². The number of amides is 2. The lowest BCUT2D eigenvalue weighted by atomic mass is 9.81. The first-order chi connectivity index (χ1) is 5.77. The topological polar surface area (TPSA) is 46.2 Å². The van der Waals surface area contributed by atoms with Gasteiger partial charge < -0.3 is 0 Å². The summed E-state index contributed by atoms with van der Waals surface area (Å²) >= 11 is 0. The molecule has 0 aromatic heterocycles. The molecule has 2 bridgehead atoms. The van der Waals surface area contributed by atoms with Gasteiger partial charge in [-0.3, -0.25) is 14.9 Å². The molecule has 12 heavy (non-hydrogen) atoms. The van der Waals surface area contributed by atoms with E-state index < -0.39 is 0 Å². The molecule has 3 aliphatic rings. The van der Waals surface area contributed by atoms with Crippen LogP contribution < -0.4 is 5.32 Å². The Hall–Kier alpha value is -0.860. The van der Waals surface area contributed by atoms with E-state index in [1.807, 2.05) is 0 Å². The van der Waals surface area contributed by atoms with Crippen molar-refractivity contribution in [2.24, 2.45) is 23.7 Å². The van der Waals surface area contributed by atoms with E-state index in [9.17, 15) is 9.59 Å². The Morgan fingerprint density at radius 2 is 1.50 bits per heavy atom. The van der Waals surface area contributed by atoms with E-state index in [-0.39, 0.29) is 23.7 Å². The van der Waals surface area contributed by atoms with Crippen molar-refractivity contribution in [1.29, 1.82) is 0 Å². The lowest BCUT2D eigenvalue weighted by Gasteiger charge is -2.19. The molecule has 4 atom stereocenters. The number of imide groups is 1. The molecule has 1 N–H and O–H groups in total. The molecule has 1 saturated heterocycles. The van der Waals surface area contributed by atoms with Crippen LogP contribution in [0.25, 0.3) is 0 Å². The summed E-state index contributed by atoms with van der Waals surface area (Å²) in [7, 11) is 0. The summed E-state index contributed by atoms with van der Waals surface area (Å²) in [6.45, 7) is 0. The van der Waals surface area contributed by atoms with Crippen LogP contribution in [0.5, 0.6) is 0 Å². The molecule has 0 radical (unpaired) electrons. The van der Waals surface area contributed by atoms with E-state index in [2.05, 4.69) is 5.32 Å². The molecule has 0 aromatic carbocycles. The third-order valence-electron chi connectivity index (χ3n) is 3.77. The molecule has 0 aromatic rings. The van der Waals surface area contributed by atoms with Gasteiger partial charge in [0.05, 0.1) is 11.8 Å². The first kappa shape index (κ1) is 6.63. The third kappa shape index (κ3) is 0.586. The van der Waals surface area contributed by atoms with Crippen molar-refractivity contribution in [3.8, 4) is 0 Å². The van der Waals surface area contributed by atoms with Crippen molar-refractivity contribution in [2.45, 2.75) is 19.3 Å². The average molecular weight is 165 g/mol. The molecule has 3 nitrogen and oxygen atoms in total. The highest BCUT2D eigenvalue weighted by Gasteiger charge is 2.57. The number of hydrogen-bond donors (Lipinski definition) is 1. The lowest BCUT2D eigenvalue weighted by molar-refractivity contribution is -0.126. The van der Waals surface area contributed by atoms with Gasteiger partial charge in [-0.25, -0.2) is 0 Å². The molecule has 1 unspecified atom stereocenters. The second kappa shape index (κ2) is 1.90. The first-order valence-corrected chi connectivity index (χ1v) is 4.62. The monoisotopic (exact) mass is 165 g/mol. The van der Waals surface area contributed by atoms with Crippen LogP contribution in [0.1, 0.15) is 19.3 Å². The molecular formula is C9H11NO2. The fourth-order valence-corrected chi connectivity index (χ4v) is 3.33. The zero-order valence-electron chi connectivity index (χ0n) is 6.75. The van der Waals surface area contributed by atoms with Crippen LogP contribution >= 0.6 is 0 Å². The summed E-state index contributed by atoms with van der Waals surface area (Å²) in [5.41, 5.74) is 0. The van der Waals surface area contributed by atoms with Crippen molar-refractivity contribution in [3.63, 3.8) is 0 Å². The summed E-state index contributed by atoms with van der Waals surface area (Å²) in [5, 5.41) is 2.44. The van der Waals surface area contributed by atoms with Crippen LogP contribution in [-0.2, 0) is 9.59 Å². The molecular weight excluding hydrogens is 154 g/mol. The van der Waals surface area contributed by atoms with Gasteiger partial charge in [-0.05, 0) is 31.1 Å². The number of rotatable bonds is 0. The Morgan fingerprint density at radius 3 is 2.00 bits per heavy atom. The summed E-state index contributed by atoms with van der Waals surface area (Å²) in [5.74, 6) is 1.14. The van der Waals surface area contributed by atoms with Gasteiger partial charge in [0, 0.05) is 0 Å². The minimum atomic E-state index is -0.00259. The van der Waals surface area contributed by atoms with Crippen molar-refractivity contribution >= 4 is 11.8 Å². The van der Waals surface area contributed by atoms with Crippen LogP contribution in [0.2, 0.25) is 0 Å². The van der Waals surface area contributed by atoms with Crippen molar-refractivity contribution < 1.29 is 9.59 Å². The molecule has 3 fully saturated rings. The van der Waals surface area contributed by atoms with Gasteiger partial charge in [-0.1, -0.05) is 0 Å². The number of carbonyl (C=O) groups is 2. The smallest absolute Gasteiger partial charge is 0.230 e. The predicted octanol–water partition coefficient (Wildman–Crippen LogP) is 0.305. The van der Waals surface area contributed by atoms with Crippen LogP contribution in [0, 0.1) is 23.7 Å². The second-order valence-electron chi connectivity index (χ2n) is 4.24. The first-order valence-electron chi connectivity index (χ1n) is 4.62. The molecule has 2 amide bonds. The van der Waals surface area contributed by atoms with Crippen molar-refractivity contribution in [2.75, 3.05) is 0 Å². The van der Waals surface area contributed by atoms with Crippen LogP contribution in [0.15, 0.2) is 0 Å². The predicted molar refractivity (Wildman–Crippen MR) is 41.0 cm³/mol. The Balaban J connectivity index is 2.03. The highest BCUT2D eigenvalue weighted by Crippen LogP contribution is 2.54. The van der Waals surface area contributed by atoms with Crippen molar-refractivity contribution in [3.05, 3.63) is 0 Å². The standard InChI is InChI=1S/C9H11NO2/c11-8-6-4-1-2-5(3-4)7(6)9(12)10-8/h4-7H,1-3H2,(H,10,11,12)/t4-,5-,6-,7?/m1/s1. The molecule has 2 saturated carbocycles. The van der Waals surface area contributed by atoms with Gasteiger partial charge in [0.1, 0.15) is 0 Å². The number of carbonyl (C=O) groups excluding carboxylic acids is 2. The Bertz CT molecular complexity index is 248. The highest BCUT2D eigenvalue weighted by atomic mass is 16.2. The lowest BCUT2D eigenvalue weighted by Crippen LogP contribution is -2.24. The number of nitrogens with one attached hydrogen (secondary N) is 1. The largest absolute Gasteiger partial charge is 0.296 e. The van der Waals surface area contributed by atoms with Gasteiger partial charge >= 0.3 is 0 Å². The van der Waals surface area contributed by atoms with E-state index in [1.165, 1.54) is 0 Å². The molecule has 1 heterocycles. The molecule has 1 aliphatic heterocycles. The Labute approximate surface area is 70.5 Å². The van der Waals surface area contributed by atoms with Gasteiger partial charge in [-0.2, -0.15) is 0 Å². The van der Waals surface area contributed by atoms with E-state index >= 15 is 0 Å². The molecule has 3 rings (SSSR count). The summed E-state index contributed by atoms with van der Waals surface area (Å²) in [4.78, 5) is 22.6. The highest BCUT2D eigenvalue weighted by molar-refractivity contribution is 6.05. The van der Waals surface area contributed by atoms with Gasteiger partial charge in [0.15, 0.2) is 0 Å². The normalized spacial score (nSPS) is 49.7. The second-order valence-corrected chi connectivity index (χ2v) is 4.24. The molecule has 3 heteroatoms. The van der Waals surface area contributed by atoms with Gasteiger partial charge in [-0.15, -0.1) is 0 Å². The Morgan fingerprint density at radius 1 is 1.00 bits per heavy atom. The van der Waals surface area contributed by atoms with E-state index in [1.54, 1.807) is 0 Å². The van der Waals surface area contributed by atoms with Gasteiger partial charge in [0.25, 0.3) is 0 Å². The fourth-order valence-electron chi connectivity index (χ4n) is 3.33. The summed E-state index contributed by atoms with van der Waals surface area (Å²) in [6.07, 6.45) is 3.44. The minimum Gasteiger partial charge on any atom is -0.296 e. The minimum absolute atomic E-state index is 0.00259. The van der Waals surface area contributed by atoms with Gasteiger partial charge in [0.2, 0.25) is 11.8 Å². The molecule has 0 spiro atoms. The van der Waals surface area contributed by atoms with E-state index in [0.717, 1.165) is 19.3 Å². The molecule has 2 aliphatic carbocycles. The number of fused-ring (bicyclic) bond motifs is 5. The average Bonchev–Trinajstić information content (AvgIpc) is 2.64. The number of hydrogen-bond acceptors (Lipinski definition) is 2. The Kier molecular flexibility index (Phi) is 1.05. The van der Waals surface area contributed by atoms with Crippen LogP contribution in [-0.4, -0.2) is 11.8 Å².